The van der Waals surface area contributed by atoms with Gasteiger partial charge in [-0.3, -0.25) is 0 Å². The summed E-state index contributed by atoms with van der Waals surface area (Å²) in [5, 5.41) is 7.94. The lowest BCUT2D eigenvalue weighted by Gasteiger charge is -2.10. The maximum atomic E-state index is 4.53. The average Bonchev–Trinajstić information content (AvgIpc) is 3.06. The number of hydrogen-bond donors (Lipinski definition) is 1. The number of hydrogen-bond acceptors (Lipinski definition) is 3. The summed E-state index contributed by atoms with van der Waals surface area (Å²) in [6.45, 7) is 6.98. The first-order chi connectivity index (χ1) is 10.5. The van der Waals surface area contributed by atoms with Gasteiger partial charge in [0.05, 0.1) is 41.8 Å². The second-order valence-corrected chi connectivity index (χ2v) is 5.73. The molecule has 0 amide bonds. The molecule has 0 aliphatic carbocycles. The Bertz CT molecular complexity index is 797. The van der Waals surface area contributed by atoms with Crippen LogP contribution < -0.4 is 5.32 Å². The fourth-order valence-electron chi connectivity index (χ4n) is 2.52. The van der Waals surface area contributed by atoms with Crippen LogP contribution in [0.2, 0.25) is 0 Å². The van der Waals surface area contributed by atoms with Gasteiger partial charge < -0.3 is 9.88 Å². The summed E-state index contributed by atoms with van der Waals surface area (Å²) in [6.07, 6.45) is 5.70. The fraction of sp³-hybridized carbons (Fsp3) is 0.294. The van der Waals surface area contributed by atoms with Crippen LogP contribution in [0.5, 0.6) is 0 Å². The Balaban J connectivity index is 1.84. The first-order valence-corrected chi connectivity index (χ1v) is 7.37. The molecular weight excluding hydrogens is 274 g/mol. The Kier molecular flexibility index (Phi) is 3.71. The lowest BCUT2D eigenvalue weighted by molar-refractivity contribution is 0.839. The van der Waals surface area contributed by atoms with Gasteiger partial charge in [-0.1, -0.05) is 12.1 Å². The van der Waals surface area contributed by atoms with Crippen molar-refractivity contribution in [3.63, 3.8) is 0 Å². The standard InChI is InChI=1S/C17H21N5/c1-12-5-6-13(2)17(7-12)22-14(3)16(9-20-22)18-8-15-10-21(4)11-19-15/h5-7,9-11,18H,8H2,1-4H3. The minimum absolute atomic E-state index is 0.695. The summed E-state index contributed by atoms with van der Waals surface area (Å²) in [6, 6.07) is 6.42. The minimum atomic E-state index is 0.695. The second-order valence-electron chi connectivity index (χ2n) is 5.73. The highest BCUT2D eigenvalue weighted by atomic mass is 15.3. The number of rotatable bonds is 4. The van der Waals surface area contributed by atoms with E-state index < -0.39 is 0 Å². The molecule has 1 aromatic carbocycles. The number of aromatic nitrogens is 4. The molecule has 0 fully saturated rings. The zero-order valence-corrected chi connectivity index (χ0v) is 13.5. The lowest BCUT2D eigenvalue weighted by atomic mass is 10.1. The summed E-state index contributed by atoms with van der Waals surface area (Å²) in [7, 11) is 1.97. The maximum Gasteiger partial charge on any atom is 0.0947 e. The molecule has 0 unspecified atom stereocenters. The minimum Gasteiger partial charge on any atom is -0.377 e. The van der Waals surface area contributed by atoms with E-state index in [-0.39, 0.29) is 0 Å². The molecular formula is C17H21N5. The maximum absolute atomic E-state index is 4.53. The number of nitrogens with zero attached hydrogens (tertiary/aromatic N) is 4. The Labute approximate surface area is 130 Å². The smallest absolute Gasteiger partial charge is 0.0947 e. The van der Waals surface area contributed by atoms with Crippen molar-refractivity contribution >= 4 is 5.69 Å². The van der Waals surface area contributed by atoms with Gasteiger partial charge in [-0.2, -0.15) is 5.10 Å². The van der Waals surface area contributed by atoms with Gasteiger partial charge in [0.1, 0.15) is 0 Å². The van der Waals surface area contributed by atoms with Gasteiger partial charge in [-0.25, -0.2) is 9.67 Å². The summed E-state index contributed by atoms with van der Waals surface area (Å²) in [5.41, 5.74) is 6.73. The van der Waals surface area contributed by atoms with Crippen LogP contribution in [0.4, 0.5) is 5.69 Å². The van der Waals surface area contributed by atoms with E-state index in [0.29, 0.717) is 6.54 Å². The van der Waals surface area contributed by atoms with Crippen molar-refractivity contribution in [2.24, 2.45) is 7.05 Å². The predicted octanol–water partition coefficient (Wildman–Crippen LogP) is 3.14. The van der Waals surface area contributed by atoms with Gasteiger partial charge in [0.25, 0.3) is 0 Å². The van der Waals surface area contributed by atoms with Crippen molar-refractivity contribution in [2.45, 2.75) is 27.3 Å². The number of nitrogens with one attached hydrogen (secondary N) is 1. The van der Waals surface area contributed by atoms with E-state index in [1.807, 2.05) is 35.0 Å². The van der Waals surface area contributed by atoms with Gasteiger partial charge in [0.2, 0.25) is 0 Å². The molecule has 2 heterocycles. The van der Waals surface area contributed by atoms with E-state index in [4.69, 9.17) is 0 Å². The van der Waals surface area contributed by atoms with Crippen LogP contribution in [0.25, 0.3) is 5.69 Å². The van der Waals surface area contributed by atoms with Crippen LogP contribution in [0, 0.1) is 20.8 Å². The van der Waals surface area contributed by atoms with E-state index in [1.54, 1.807) is 0 Å². The van der Waals surface area contributed by atoms with Crippen LogP contribution in [0.15, 0.2) is 36.9 Å². The molecule has 3 rings (SSSR count). The molecule has 0 bridgehead atoms. The van der Waals surface area contributed by atoms with Gasteiger partial charge in [-0.15, -0.1) is 0 Å². The molecule has 1 N–H and O–H groups in total. The van der Waals surface area contributed by atoms with Crippen molar-refractivity contribution < 1.29 is 0 Å². The van der Waals surface area contributed by atoms with Crippen molar-refractivity contribution in [3.8, 4) is 5.69 Å². The quantitative estimate of drug-likeness (QED) is 0.804. The molecule has 3 aromatic rings. The molecule has 114 valence electrons. The molecule has 0 spiro atoms. The van der Waals surface area contributed by atoms with Crippen LogP contribution in [0.1, 0.15) is 22.5 Å². The van der Waals surface area contributed by atoms with E-state index in [9.17, 15) is 0 Å². The van der Waals surface area contributed by atoms with Crippen molar-refractivity contribution in [2.75, 3.05) is 5.32 Å². The molecule has 5 heteroatoms. The Morgan fingerprint density at radius 3 is 2.73 bits per heavy atom. The van der Waals surface area contributed by atoms with Crippen LogP contribution in [0.3, 0.4) is 0 Å². The van der Waals surface area contributed by atoms with E-state index in [1.165, 1.54) is 11.1 Å². The van der Waals surface area contributed by atoms with Crippen molar-refractivity contribution in [1.82, 2.24) is 19.3 Å². The molecule has 0 aliphatic rings. The average molecular weight is 295 g/mol. The molecule has 5 nitrogen and oxygen atoms in total. The third-order valence-electron chi connectivity index (χ3n) is 3.82. The fourth-order valence-corrected chi connectivity index (χ4v) is 2.52. The van der Waals surface area contributed by atoms with Gasteiger partial charge >= 0.3 is 0 Å². The molecule has 0 saturated heterocycles. The zero-order chi connectivity index (χ0) is 15.7. The Hall–Kier alpha value is -2.56. The molecule has 0 aliphatic heterocycles. The number of anilines is 1. The SMILES string of the molecule is Cc1ccc(C)c(-n2ncc(NCc3cn(C)cn3)c2C)c1. The predicted molar refractivity (Wildman–Crippen MR) is 88.3 cm³/mol. The summed E-state index contributed by atoms with van der Waals surface area (Å²) < 4.78 is 3.94. The molecule has 0 atom stereocenters. The Morgan fingerprint density at radius 1 is 1.18 bits per heavy atom. The highest BCUT2D eigenvalue weighted by Crippen LogP contribution is 2.22. The monoisotopic (exact) mass is 295 g/mol. The lowest BCUT2D eigenvalue weighted by Crippen LogP contribution is -2.04. The largest absolute Gasteiger partial charge is 0.377 e. The highest BCUT2D eigenvalue weighted by molar-refractivity contribution is 5.52. The normalized spacial score (nSPS) is 10.9. The van der Waals surface area contributed by atoms with E-state index in [0.717, 1.165) is 22.8 Å². The number of aryl methyl sites for hydroxylation is 3. The number of benzene rings is 1. The van der Waals surface area contributed by atoms with Crippen molar-refractivity contribution in [1.29, 1.82) is 0 Å². The first-order valence-electron chi connectivity index (χ1n) is 7.37. The van der Waals surface area contributed by atoms with Crippen LogP contribution in [-0.2, 0) is 13.6 Å². The van der Waals surface area contributed by atoms with E-state index >= 15 is 0 Å². The second kappa shape index (κ2) is 5.67. The van der Waals surface area contributed by atoms with Gasteiger partial charge in [0, 0.05) is 13.2 Å². The van der Waals surface area contributed by atoms with E-state index in [2.05, 4.69) is 54.4 Å². The topological polar surface area (TPSA) is 47.7 Å². The van der Waals surface area contributed by atoms with Gasteiger partial charge in [0.15, 0.2) is 0 Å². The van der Waals surface area contributed by atoms with Gasteiger partial charge in [-0.05, 0) is 38.0 Å². The summed E-state index contributed by atoms with van der Waals surface area (Å²) in [4.78, 5) is 4.32. The number of imidazole rings is 1. The first kappa shape index (κ1) is 14.4. The summed E-state index contributed by atoms with van der Waals surface area (Å²) >= 11 is 0. The molecule has 0 radical (unpaired) electrons. The molecule has 22 heavy (non-hydrogen) atoms. The third-order valence-corrected chi connectivity index (χ3v) is 3.82. The Morgan fingerprint density at radius 2 is 2.00 bits per heavy atom. The third kappa shape index (κ3) is 2.74. The molecule has 0 saturated carbocycles. The highest BCUT2D eigenvalue weighted by Gasteiger charge is 2.10. The molecule has 2 aromatic heterocycles. The van der Waals surface area contributed by atoms with Crippen molar-refractivity contribution in [3.05, 3.63) is 59.4 Å². The zero-order valence-electron chi connectivity index (χ0n) is 13.5. The summed E-state index contributed by atoms with van der Waals surface area (Å²) in [5.74, 6) is 0. The van der Waals surface area contributed by atoms with Crippen LogP contribution >= 0.6 is 0 Å². The van der Waals surface area contributed by atoms with Crippen LogP contribution in [-0.4, -0.2) is 19.3 Å².